The first kappa shape index (κ1) is 17.3. The van der Waals surface area contributed by atoms with E-state index in [2.05, 4.69) is 45.9 Å². The van der Waals surface area contributed by atoms with E-state index in [1.807, 2.05) is 36.5 Å². The Kier molecular flexibility index (Phi) is 5.97. The molecule has 0 unspecified atom stereocenters. The maximum atomic E-state index is 5.58. The molecule has 0 atom stereocenters. The Morgan fingerprint density at radius 1 is 0.870 bits per heavy atom. The molecule has 0 bridgehead atoms. The fourth-order valence-corrected chi connectivity index (χ4v) is 3.02. The SMILES string of the molecule is COc1cccc(C=NC(C(C)C)C(C)C)c1-c1ccccc1. The molecule has 0 radical (unpaired) electrons. The van der Waals surface area contributed by atoms with Crippen LogP contribution in [0, 0.1) is 11.8 Å². The third kappa shape index (κ3) is 4.22. The molecule has 23 heavy (non-hydrogen) atoms. The predicted molar refractivity (Wildman–Crippen MR) is 99.5 cm³/mol. The average Bonchev–Trinajstić information content (AvgIpc) is 2.54. The Balaban J connectivity index is 2.47. The smallest absolute Gasteiger partial charge is 0.127 e. The molecule has 2 aromatic carbocycles. The molecule has 0 spiro atoms. The summed E-state index contributed by atoms with van der Waals surface area (Å²) < 4.78 is 5.58. The van der Waals surface area contributed by atoms with E-state index < -0.39 is 0 Å². The van der Waals surface area contributed by atoms with Crippen molar-refractivity contribution in [2.24, 2.45) is 16.8 Å². The van der Waals surface area contributed by atoms with Crippen molar-refractivity contribution < 1.29 is 4.74 Å². The molecule has 0 aliphatic rings. The highest BCUT2D eigenvalue weighted by atomic mass is 16.5. The van der Waals surface area contributed by atoms with Crippen LogP contribution in [-0.2, 0) is 0 Å². The highest BCUT2D eigenvalue weighted by Gasteiger charge is 2.16. The zero-order valence-corrected chi connectivity index (χ0v) is 14.8. The number of aliphatic imine (C=N–C) groups is 1. The molecule has 0 saturated heterocycles. The van der Waals surface area contributed by atoms with Gasteiger partial charge in [0, 0.05) is 17.3 Å². The second-order valence-corrected chi connectivity index (χ2v) is 6.55. The van der Waals surface area contributed by atoms with E-state index in [1.165, 1.54) is 0 Å². The van der Waals surface area contributed by atoms with Crippen molar-refractivity contribution in [2.45, 2.75) is 33.7 Å². The molecule has 0 amide bonds. The van der Waals surface area contributed by atoms with E-state index >= 15 is 0 Å². The standard InChI is InChI=1S/C21H27NO/c1-15(2)21(16(3)4)22-14-18-12-9-13-19(23-5)20(18)17-10-7-6-8-11-17/h6-16,21H,1-5H3. The molecule has 0 aliphatic heterocycles. The van der Waals surface area contributed by atoms with Crippen molar-refractivity contribution in [1.82, 2.24) is 0 Å². The van der Waals surface area contributed by atoms with Gasteiger partial charge in [-0.15, -0.1) is 0 Å². The summed E-state index contributed by atoms with van der Waals surface area (Å²) >= 11 is 0. The number of nitrogens with zero attached hydrogens (tertiary/aromatic N) is 1. The summed E-state index contributed by atoms with van der Waals surface area (Å²) in [5.41, 5.74) is 3.35. The highest BCUT2D eigenvalue weighted by molar-refractivity contribution is 5.93. The van der Waals surface area contributed by atoms with Gasteiger partial charge in [0.05, 0.1) is 13.2 Å². The molecule has 0 saturated carbocycles. The molecule has 0 fully saturated rings. The second-order valence-electron chi connectivity index (χ2n) is 6.55. The van der Waals surface area contributed by atoms with Gasteiger partial charge in [-0.2, -0.15) is 0 Å². The normalized spacial score (nSPS) is 11.8. The summed E-state index contributed by atoms with van der Waals surface area (Å²) in [5, 5.41) is 0. The highest BCUT2D eigenvalue weighted by Crippen LogP contribution is 2.32. The van der Waals surface area contributed by atoms with Crippen LogP contribution in [0.25, 0.3) is 11.1 Å². The van der Waals surface area contributed by atoms with Crippen molar-refractivity contribution in [2.75, 3.05) is 7.11 Å². The summed E-state index contributed by atoms with van der Waals surface area (Å²) in [6, 6.07) is 16.8. The van der Waals surface area contributed by atoms with Crippen LogP contribution in [0.2, 0.25) is 0 Å². The number of methoxy groups -OCH3 is 1. The van der Waals surface area contributed by atoms with Crippen molar-refractivity contribution >= 4 is 6.21 Å². The monoisotopic (exact) mass is 309 g/mol. The number of rotatable bonds is 6. The van der Waals surface area contributed by atoms with E-state index in [4.69, 9.17) is 9.73 Å². The fourth-order valence-electron chi connectivity index (χ4n) is 3.02. The van der Waals surface area contributed by atoms with Crippen LogP contribution in [0.1, 0.15) is 33.3 Å². The van der Waals surface area contributed by atoms with Crippen LogP contribution >= 0.6 is 0 Å². The predicted octanol–water partition coefficient (Wildman–Crippen LogP) is 5.46. The maximum Gasteiger partial charge on any atom is 0.127 e. The third-order valence-corrected chi connectivity index (χ3v) is 4.09. The molecular formula is C21H27NO. The molecule has 2 rings (SSSR count). The van der Waals surface area contributed by atoms with Gasteiger partial charge in [-0.1, -0.05) is 70.2 Å². The summed E-state index contributed by atoms with van der Waals surface area (Å²) in [7, 11) is 1.72. The van der Waals surface area contributed by atoms with Gasteiger partial charge in [0.1, 0.15) is 5.75 Å². The number of hydrogen-bond donors (Lipinski definition) is 0. The molecule has 0 N–H and O–H groups in total. The largest absolute Gasteiger partial charge is 0.496 e. The van der Waals surface area contributed by atoms with Gasteiger partial charge in [-0.25, -0.2) is 0 Å². The van der Waals surface area contributed by atoms with Gasteiger partial charge < -0.3 is 4.74 Å². The Labute approximate surface area is 140 Å². The molecule has 0 aliphatic carbocycles. The molecule has 122 valence electrons. The third-order valence-electron chi connectivity index (χ3n) is 4.09. The first-order valence-electron chi connectivity index (χ1n) is 8.30. The van der Waals surface area contributed by atoms with Crippen LogP contribution in [0.5, 0.6) is 5.75 Å². The Morgan fingerprint density at radius 2 is 1.52 bits per heavy atom. The summed E-state index contributed by atoms with van der Waals surface area (Å²) in [4.78, 5) is 4.87. The van der Waals surface area contributed by atoms with Gasteiger partial charge in [-0.05, 0) is 23.5 Å². The van der Waals surface area contributed by atoms with E-state index in [0.29, 0.717) is 17.9 Å². The molecule has 2 nitrogen and oxygen atoms in total. The Morgan fingerprint density at radius 3 is 2.09 bits per heavy atom. The lowest BCUT2D eigenvalue weighted by atomic mass is 9.93. The van der Waals surface area contributed by atoms with Crippen molar-refractivity contribution in [3.8, 4) is 16.9 Å². The molecule has 0 heterocycles. The van der Waals surface area contributed by atoms with Crippen LogP contribution < -0.4 is 4.74 Å². The fraction of sp³-hybridized carbons (Fsp3) is 0.381. The van der Waals surface area contributed by atoms with Gasteiger partial charge in [0.15, 0.2) is 0 Å². The van der Waals surface area contributed by atoms with E-state index in [0.717, 1.165) is 22.4 Å². The number of benzene rings is 2. The summed E-state index contributed by atoms with van der Waals surface area (Å²) in [6.45, 7) is 8.91. The quantitative estimate of drug-likeness (QED) is 0.649. The minimum absolute atomic E-state index is 0.324. The van der Waals surface area contributed by atoms with Crippen molar-refractivity contribution in [3.05, 3.63) is 54.1 Å². The van der Waals surface area contributed by atoms with Crippen LogP contribution in [-0.4, -0.2) is 19.4 Å². The summed E-state index contributed by atoms with van der Waals surface area (Å²) in [6.07, 6.45) is 2.01. The molecular weight excluding hydrogens is 282 g/mol. The summed E-state index contributed by atoms with van der Waals surface area (Å²) in [5.74, 6) is 1.93. The van der Waals surface area contributed by atoms with Gasteiger partial charge in [0.25, 0.3) is 0 Å². The van der Waals surface area contributed by atoms with E-state index in [1.54, 1.807) is 7.11 Å². The molecule has 2 heteroatoms. The number of hydrogen-bond acceptors (Lipinski definition) is 2. The lowest BCUT2D eigenvalue weighted by molar-refractivity contribution is 0.390. The minimum Gasteiger partial charge on any atom is -0.496 e. The zero-order chi connectivity index (χ0) is 16.8. The van der Waals surface area contributed by atoms with Crippen LogP contribution in [0.15, 0.2) is 53.5 Å². The van der Waals surface area contributed by atoms with E-state index in [-0.39, 0.29) is 0 Å². The van der Waals surface area contributed by atoms with Crippen molar-refractivity contribution in [1.29, 1.82) is 0 Å². The lowest BCUT2D eigenvalue weighted by Crippen LogP contribution is -2.20. The average molecular weight is 309 g/mol. The lowest BCUT2D eigenvalue weighted by Gasteiger charge is -2.20. The topological polar surface area (TPSA) is 21.6 Å². The van der Waals surface area contributed by atoms with Crippen LogP contribution in [0.4, 0.5) is 0 Å². The van der Waals surface area contributed by atoms with Crippen molar-refractivity contribution in [3.63, 3.8) is 0 Å². The number of ether oxygens (including phenoxy) is 1. The Bertz CT molecular complexity index is 636. The van der Waals surface area contributed by atoms with Gasteiger partial charge in [0.2, 0.25) is 0 Å². The first-order valence-corrected chi connectivity index (χ1v) is 8.30. The minimum atomic E-state index is 0.324. The zero-order valence-electron chi connectivity index (χ0n) is 14.8. The molecule has 2 aromatic rings. The van der Waals surface area contributed by atoms with E-state index in [9.17, 15) is 0 Å². The molecule has 0 aromatic heterocycles. The second kappa shape index (κ2) is 7.96. The maximum absolute atomic E-state index is 5.58. The van der Waals surface area contributed by atoms with Gasteiger partial charge >= 0.3 is 0 Å². The first-order chi connectivity index (χ1) is 11.0. The van der Waals surface area contributed by atoms with Crippen LogP contribution in [0.3, 0.4) is 0 Å². The van der Waals surface area contributed by atoms with Gasteiger partial charge in [-0.3, -0.25) is 4.99 Å². The Hall–Kier alpha value is -2.09.